The molecule has 3 heteroatoms. The molecule has 0 aliphatic heterocycles. The highest BCUT2D eigenvalue weighted by Gasteiger charge is 2.52. The maximum atomic E-state index is 5.81. The fraction of sp³-hybridized carbons (Fsp3) is 0.0556. The largest absolute Gasteiger partial charge is 0.310 e. The third-order valence-electron chi connectivity index (χ3n) is 16.8. The van der Waals surface area contributed by atoms with Crippen molar-refractivity contribution in [3.63, 3.8) is 0 Å². The van der Waals surface area contributed by atoms with Crippen LogP contribution in [-0.4, -0.2) is 9.13 Å². The highest BCUT2D eigenvalue weighted by atomic mass is 15.1. The van der Waals surface area contributed by atoms with Gasteiger partial charge >= 0.3 is 0 Å². The Kier molecular flexibility index (Phi) is 9.14. The molecule has 352 valence electrons. The van der Waals surface area contributed by atoms with Gasteiger partial charge < -0.3 is 14.0 Å². The maximum Gasteiger partial charge on any atom is 0.0725 e. The average molecular weight is 956 g/mol. The summed E-state index contributed by atoms with van der Waals surface area (Å²) < 4.78 is 4.88. The number of benzene rings is 10. The lowest BCUT2D eigenvalue weighted by Gasteiger charge is -2.30. The molecular formula is C72H49N3. The summed E-state index contributed by atoms with van der Waals surface area (Å²) in [6.07, 6.45) is 11.7. The van der Waals surface area contributed by atoms with Gasteiger partial charge in [0.25, 0.3) is 0 Å². The molecule has 2 aromatic heterocycles. The van der Waals surface area contributed by atoms with E-state index in [-0.39, 0.29) is 5.41 Å². The Labute approximate surface area is 436 Å². The Balaban J connectivity index is 1.00. The Morgan fingerprint density at radius 2 is 0.933 bits per heavy atom. The molecule has 0 amide bonds. The van der Waals surface area contributed by atoms with E-state index in [0.717, 1.165) is 45.0 Å². The molecule has 1 spiro atoms. The van der Waals surface area contributed by atoms with E-state index in [1.165, 1.54) is 93.8 Å². The van der Waals surface area contributed by atoms with Crippen LogP contribution in [0.25, 0.3) is 82.8 Å². The van der Waals surface area contributed by atoms with Gasteiger partial charge in [-0.25, -0.2) is 0 Å². The van der Waals surface area contributed by atoms with Gasteiger partial charge in [-0.1, -0.05) is 172 Å². The lowest BCUT2D eigenvalue weighted by atomic mass is 9.70. The molecule has 0 fully saturated rings. The van der Waals surface area contributed by atoms with Crippen molar-refractivity contribution in [3.05, 3.63) is 288 Å². The Hall–Kier alpha value is -9.62. The molecule has 10 aromatic carbocycles. The van der Waals surface area contributed by atoms with E-state index in [0.29, 0.717) is 0 Å². The summed E-state index contributed by atoms with van der Waals surface area (Å²) in [4.78, 5) is 2.46. The number of nitrogens with zero attached hydrogens (tertiary/aromatic N) is 3. The lowest BCUT2D eigenvalue weighted by Crippen LogP contribution is -2.25. The van der Waals surface area contributed by atoms with Crippen molar-refractivity contribution < 1.29 is 0 Å². The van der Waals surface area contributed by atoms with Gasteiger partial charge in [0.05, 0.1) is 27.5 Å². The van der Waals surface area contributed by atoms with E-state index in [2.05, 4.69) is 271 Å². The average Bonchev–Trinajstić information content (AvgIpc) is 4.22. The maximum absolute atomic E-state index is 5.81. The molecule has 3 nitrogen and oxygen atoms in total. The minimum absolute atomic E-state index is 0.332. The topological polar surface area (TPSA) is 13.1 Å². The molecule has 15 rings (SSSR count). The molecule has 0 radical (unpaired) electrons. The van der Waals surface area contributed by atoms with E-state index in [1.54, 1.807) is 6.08 Å². The van der Waals surface area contributed by atoms with Crippen LogP contribution in [0.2, 0.25) is 0 Å². The number of fused-ring (bicyclic) bond motifs is 17. The summed E-state index contributed by atoms with van der Waals surface area (Å²) in [6.45, 7) is 8.88. The van der Waals surface area contributed by atoms with Gasteiger partial charge in [0.1, 0.15) is 0 Å². The predicted octanol–water partition coefficient (Wildman–Crippen LogP) is 18.1. The Bertz CT molecular complexity index is 4480. The van der Waals surface area contributed by atoms with Gasteiger partial charge in [0, 0.05) is 55.4 Å². The number of anilines is 3. The van der Waals surface area contributed by atoms with Crippen LogP contribution in [0.3, 0.4) is 0 Å². The summed E-state index contributed by atoms with van der Waals surface area (Å²) in [5, 5.41) is 4.82. The number of hydrogen-bond donors (Lipinski definition) is 0. The first-order chi connectivity index (χ1) is 36.9. The van der Waals surface area contributed by atoms with Crippen LogP contribution >= 0.6 is 0 Å². The predicted molar refractivity (Wildman–Crippen MR) is 314 cm³/mol. The lowest BCUT2D eigenvalue weighted by molar-refractivity contribution is 0.654. The van der Waals surface area contributed by atoms with E-state index in [1.807, 2.05) is 6.08 Å². The van der Waals surface area contributed by atoms with Crippen molar-refractivity contribution in [1.82, 2.24) is 9.13 Å². The number of hydrogen-bond acceptors (Lipinski definition) is 1. The summed E-state index contributed by atoms with van der Waals surface area (Å²) in [6, 6.07) is 83.7. The summed E-state index contributed by atoms with van der Waals surface area (Å²) in [5.74, 6) is 2.73. The van der Waals surface area contributed by atoms with Crippen LogP contribution in [0.4, 0.5) is 17.1 Å². The molecule has 2 heterocycles. The second-order valence-corrected chi connectivity index (χ2v) is 20.8. The minimum atomic E-state index is -0.453. The van der Waals surface area contributed by atoms with E-state index in [4.69, 9.17) is 6.42 Å². The molecule has 0 N–H and O–H groups in total. The van der Waals surface area contributed by atoms with Crippen molar-refractivity contribution in [1.29, 1.82) is 0 Å². The molecule has 0 unspecified atom stereocenters. The zero-order valence-corrected chi connectivity index (χ0v) is 41.7. The van der Waals surface area contributed by atoms with E-state index in [9.17, 15) is 0 Å². The van der Waals surface area contributed by atoms with Crippen molar-refractivity contribution >= 4 is 66.2 Å². The summed E-state index contributed by atoms with van der Waals surface area (Å²) in [5.41, 5.74) is 24.5. The van der Waals surface area contributed by atoms with Crippen molar-refractivity contribution in [2.45, 2.75) is 24.7 Å². The van der Waals surface area contributed by atoms with Gasteiger partial charge in [-0.3, -0.25) is 0 Å². The van der Waals surface area contributed by atoms with Crippen molar-refractivity contribution in [3.8, 4) is 46.0 Å². The molecule has 3 aliphatic carbocycles. The number of aromatic nitrogens is 2. The van der Waals surface area contributed by atoms with Gasteiger partial charge in [-0.15, -0.1) is 6.42 Å². The molecule has 0 saturated carbocycles. The minimum Gasteiger partial charge on any atom is -0.310 e. The zero-order valence-electron chi connectivity index (χ0n) is 41.7. The Morgan fingerprint density at radius 3 is 1.60 bits per heavy atom. The van der Waals surface area contributed by atoms with Gasteiger partial charge in [0.15, 0.2) is 0 Å². The molecule has 0 saturated heterocycles. The fourth-order valence-corrected chi connectivity index (χ4v) is 13.7. The third kappa shape index (κ3) is 5.83. The number of allylic oxidation sites excluding steroid dienone is 5. The van der Waals surface area contributed by atoms with Crippen LogP contribution in [0.5, 0.6) is 0 Å². The van der Waals surface area contributed by atoms with Crippen LogP contribution in [-0.2, 0) is 10.8 Å². The van der Waals surface area contributed by atoms with E-state index < -0.39 is 5.41 Å². The van der Waals surface area contributed by atoms with E-state index >= 15 is 0 Å². The standard InChI is InChI=1S/C72H49N3/c1-5-7-30-61-51(6-2)55-38-35-49(42-65(55)71(61,3)4)73(48-37-40-68-59(41-48)56-29-17-21-34-67(56)74(68)46-22-10-8-11-23-46)50-36-39-57-60-44-66-58(45-70(60)75(69(57)43-50)47-24-12-9-13-25-47)54-28-16-20-33-64(54)72(66)62-31-18-14-26-52(62)53-27-15-19-32-63(53)72/h1,6-45H,2H2,3-4H3/b30-7-. The first-order valence-corrected chi connectivity index (χ1v) is 25.9. The Morgan fingerprint density at radius 1 is 0.427 bits per heavy atom. The molecule has 3 aliphatic rings. The SMILES string of the molecule is C#C/C=C\C1=C(C=C)c2ccc(N(c3ccc4c(c3)c3ccccc3n4-c3ccccc3)c3ccc4c5cc6c(cc5n(-c5ccccc5)c4c3)-c3ccccc3C63c4ccccc4-c4ccccc43)cc2C1(C)C. The normalized spacial score (nSPS) is 14.4. The third-order valence-corrected chi connectivity index (χ3v) is 16.8. The number of terminal acetylenes is 1. The zero-order chi connectivity index (χ0) is 50.2. The first kappa shape index (κ1) is 43.0. The second kappa shape index (κ2) is 15.9. The smallest absolute Gasteiger partial charge is 0.0725 e. The highest BCUT2D eigenvalue weighted by Crippen LogP contribution is 2.63. The van der Waals surface area contributed by atoms with Gasteiger partial charge in [-0.2, -0.15) is 0 Å². The van der Waals surface area contributed by atoms with Crippen LogP contribution in [0.1, 0.15) is 47.2 Å². The highest BCUT2D eigenvalue weighted by molar-refractivity contribution is 6.14. The molecule has 12 aromatic rings. The fourth-order valence-electron chi connectivity index (χ4n) is 13.7. The molecule has 0 atom stereocenters. The van der Waals surface area contributed by atoms with Gasteiger partial charge in [-0.05, 0) is 164 Å². The van der Waals surface area contributed by atoms with Crippen molar-refractivity contribution in [2.24, 2.45) is 0 Å². The quantitative estimate of drug-likeness (QED) is 0.145. The number of rotatable bonds is 7. The molecule has 0 bridgehead atoms. The summed E-state index contributed by atoms with van der Waals surface area (Å²) in [7, 11) is 0. The second-order valence-electron chi connectivity index (χ2n) is 20.8. The van der Waals surface area contributed by atoms with Crippen molar-refractivity contribution in [2.75, 3.05) is 4.90 Å². The summed E-state index contributed by atoms with van der Waals surface area (Å²) >= 11 is 0. The van der Waals surface area contributed by atoms with Crippen LogP contribution in [0, 0.1) is 12.3 Å². The van der Waals surface area contributed by atoms with Crippen LogP contribution in [0.15, 0.2) is 255 Å². The first-order valence-electron chi connectivity index (χ1n) is 25.9. The molecular weight excluding hydrogens is 907 g/mol. The molecule has 75 heavy (non-hydrogen) atoms. The number of para-hydroxylation sites is 3. The van der Waals surface area contributed by atoms with Gasteiger partial charge in [0.2, 0.25) is 0 Å². The van der Waals surface area contributed by atoms with Crippen LogP contribution < -0.4 is 4.90 Å². The monoisotopic (exact) mass is 955 g/mol.